The monoisotopic (exact) mass is 212 g/mol. The van der Waals surface area contributed by atoms with Crippen molar-refractivity contribution in [2.24, 2.45) is 0 Å². The highest BCUT2D eigenvalue weighted by molar-refractivity contribution is 7.80. The largest absolute Gasteiger partial charge is 0.467 e. The van der Waals surface area contributed by atoms with E-state index in [0.29, 0.717) is 6.54 Å². The molecule has 1 aromatic rings. The first kappa shape index (κ1) is 11.0. The Bertz CT molecular complexity index is 272. The van der Waals surface area contributed by atoms with Gasteiger partial charge in [0.15, 0.2) is 5.11 Å². The Kier molecular flexibility index (Phi) is 4.46. The van der Waals surface area contributed by atoms with Crippen LogP contribution in [0.25, 0.3) is 0 Å². The zero-order valence-corrected chi connectivity index (χ0v) is 9.43. The highest BCUT2D eigenvalue weighted by Gasteiger charge is 2.05. The van der Waals surface area contributed by atoms with Gasteiger partial charge in [-0.05, 0) is 30.8 Å². The zero-order valence-electron chi connectivity index (χ0n) is 8.62. The third kappa shape index (κ3) is 3.38. The molecular weight excluding hydrogens is 196 g/mol. The molecule has 0 aliphatic rings. The van der Waals surface area contributed by atoms with Crippen LogP contribution in [-0.2, 0) is 6.54 Å². The van der Waals surface area contributed by atoms with E-state index in [1.807, 2.05) is 24.1 Å². The second-order valence-electron chi connectivity index (χ2n) is 3.17. The van der Waals surface area contributed by atoms with Crippen molar-refractivity contribution in [3.63, 3.8) is 0 Å². The number of thiocarbonyl (C=S) groups is 1. The van der Waals surface area contributed by atoms with E-state index in [-0.39, 0.29) is 0 Å². The predicted molar refractivity (Wildman–Crippen MR) is 61.1 cm³/mol. The van der Waals surface area contributed by atoms with Crippen molar-refractivity contribution in [2.75, 3.05) is 13.6 Å². The van der Waals surface area contributed by atoms with E-state index in [9.17, 15) is 0 Å². The van der Waals surface area contributed by atoms with E-state index in [0.717, 1.165) is 23.8 Å². The van der Waals surface area contributed by atoms with Gasteiger partial charge in [0.1, 0.15) is 5.76 Å². The number of nitrogens with zero attached hydrogens (tertiary/aromatic N) is 1. The lowest BCUT2D eigenvalue weighted by molar-refractivity contribution is 0.406. The van der Waals surface area contributed by atoms with Crippen LogP contribution >= 0.6 is 12.2 Å². The van der Waals surface area contributed by atoms with E-state index >= 15 is 0 Å². The molecule has 1 heterocycles. The fourth-order valence-corrected chi connectivity index (χ4v) is 1.24. The SMILES string of the molecule is CCCNC(=S)N(C)Cc1ccco1. The van der Waals surface area contributed by atoms with Crippen LogP contribution in [-0.4, -0.2) is 23.6 Å². The number of rotatable bonds is 4. The van der Waals surface area contributed by atoms with Crippen molar-refractivity contribution in [2.45, 2.75) is 19.9 Å². The molecular formula is C10H16N2OS. The molecule has 0 spiro atoms. The number of hydrogen-bond acceptors (Lipinski definition) is 2. The first-order valence-corrected chi connectivity index (χ1v) is 5.16. The first-order valence-electron chi connectivity index (χ1n) is 4.75. The molecule has 0 bridgehead atoms. The molecule has 0 amide bonds. The second kappa shape index (κ2) is 5.65. The summed E-state index contributed by atoms with van der Waals surface area (Å²) in [5.74, 6) is 0.924. The van der Waals surface area contributed by atoms with Crippen LogP contribution < -0.4 is 5.32 Å². The molecule has 0 aromatic carbocycles. The fourth-order valence-electron chi connectivity index (χ4n) is 1.07. The Hall–Kier alpha value is -1.03. The van der Waals surface area contributed by atoms with Crippen molar-refractivity contribution >= 4 is 17.3 Å². The van der Waals surface area contributed by atoms with Gasteiger partial charge in [0.25, 0.3) is 0 Å². The highest BCUT2D eigenvalue weighted by atomic mass is 32.1. The third-order valence-electron chi connectivity index (χ3n) is 1.85. The van der Waals surface area contributed by atoms with Crippen molar-refractivity contribution < 1.29 is 4.42 Å². The molecule has 0 aliphatic heterocycles. The van der Waals surface area contributed by atoms with E-state index in [1.165, 1.54) is 0 Å². The molecule has 3 nitrogen and oxygen atoms in total. The average Bonchev–Trinajstić information content (AvgIpc) is 2.66. The smallest absolute Gasteiger partial charge is 0.169 e. The lowest BCUT2D eigenvalue weighted by atomic mass is 10.4. The minimum absolute atomic E-state index is 0.711. The molecule has 0 aliphatic carbocycles. The van der Waals surface area contributed by atoms with Crippen molar-refractivity contribution in [1.82, 2.24) is 10.2 Å². The van der Waals surface area contributed by atoms with Gasteiger partial charge in [-0.1, -0.05) is 6.92 Å². The summed E-state index contributed by atoms with van der Waals surface area (Å²) in [6, 6.07) is 3.82. The summed E-state index contributed by atoms with van der Waals surface area (Å²) in [7, 11) is 1.95. The van der Waals surface area contributed by atoms with Crippen LogP contribution in [0.1, 0.15) is 19.1 Å². The Labute approximate surface area is 90.1 Å². The lowest BCUT2D eigenvalue weighted by Gasteiger charge is -2.19. The molecule has 0 unspecified atom stereocenters. The summed E-state index contributed by atoms with van der Waals surface area (Å²) in [4.78, 5) is 1.96. The number of hydrogen-bond donors (Lipinski definition) is 1. The van der Waals surface area contributed by atoms with Crippen molar-refractivity contribution in [1.29, 1.82) is 0 Å². The maximum absolute atomic E-state index is 5.23. The van der Waals surface area contributed by atoms with Gasteiger partial charge in [0.2, 0.25) is 0 Å². The maximum Gasteiger partial charge on any atom is 0.169 e. The minimum atomic E-state index is 0.711. The van der Waals surface area contributed by atoms with E-state index < -0.39 is 0 Å². The Morgan fingerprint density at radius 2 is 2.43 bits per heavy atom. The molecule has 0 saturated heterocycles. The summed E-state index contributed by atoms with van der Waals surface area (Å²) in [6.45, 7) is 3.74. The summed E-state index contributed by atoms with van der Waals surface area (Å²) in [5, 5.41) is 3.93. The molecule has 1 rings (SSSR count). The predicted octanol–water partition coefficient (Wildman–Crippen LogP) is 2.00. The first-order chi connectivity index (χ1) is 6.74. The fraction of sp³-hybridized carbons (Fsp3) is 0.500. The second-order valence-corrected chi connectivity index (χ2v) is 3.55. The van der Waals surface area contributed by atoms with E-state index in [1.54, 1.807) is 6.26 Å². The molecule has 0 saturated carbocycles. The Morgan fingerprint density at radius 1 is 1.64 bits per heavy atom. The molecule has 78 valence electrons. The van der Waals surface area contributed by atoms with Gasteiger partial charge in [-0.2, -0.15) is 0 Å². The van der Waals surface area contributed by atoms with Crippen LogP contribution in [0.2, 0.25) is 0 Å². The van der Waals surface area contributed by atoms with Crippen LogP contribution in [0, 0.1) is 0 Å². The summed E-state index contributed by atoms with van der Waals surface area (Å²) in [5.41, 5.74) is 0. The van der Waals surface area contributed by atoms with Crippen LogP contribution in [0.4, 0.5) is 0 Å². The van der Waals surface area contributed by atoms with Crippen molar-refractivity contribution in [3.05, 3.63) is 24.2 Å². The van der Waals surface area contributed by atoms with Gasteiger partial charge in [0.05, 0.1) is 12.8 Å². The Morgan fingerprint density at radius 3 is 3.00 bits per heavy atom. The summed E-state index contributed by atoms with van der Waals surface area (Å²) < 4.78 is 5.23. The van der Waals surface area contributed by atoms with Crippen LogP contribution in [0.15, 0.2) is 22.8 Å². The topological polar surface area (TPSA) is 28.4 Å². The maximum atomic E-state index is 5.23. The van der Waals surface area contributed by atoms with Crippen LogP contribution in [0.5, 0.6) is 0 Å². The summed E-state index contributed by atoms with van der Waals surface area (Å²) in [6.07, 6.45) is 2.75. The van der Waals surface area contributed by atoms with Gasteiger partial charge in [0, 0.05) is 13.6 Å². The molecule has 1 aromatic heterocycles. The number of furan rings is 1. The van der Waals surface area contributed by atoms with Gasteiger partial charge < -0.3 is 14.6 Å². The van der Waals surface area contributed by atoms with Gasteiger partial charge in [-0.25, -0.2) is 0 Å². The van der Waals surface area contributed by atoms with Crippen LogP contribution in [0.3, 0.4) is 0 Å². The lowest BCUT2D eigenvalue weighted by Crippen LogP contribution is -2.36. The minimum Gasteiger partial charge on any atom is -0.467 e. The summed E-state index contributed by atoms with van der Waals surface area (Å²) >= 11 is 5.19. The normalized spacial score (nSPS) is 9.86. The number of nitrogens with one attached hydrogen (secondary N) is 1. The van der Waals surface area contributed by atoms with Gasteiger partial charge in [-0.3, -0.25) is 0 Å². The van der Waals surface area contributed by atoms with E-state index in [4.69, 9.17) is 16.6 Å². The van der Waals surface area contributed by atoms with E-state index in [2.05, 4.69) is 12.2 Å². The molecule has 4 heteroatoms. The standard InChI is InChI=1S/C10H16N2OS/c1-3-6-11-10(14)12(2)8-9-5-4-7-13-9/h4-5,7H,3,6,8H2,1-2H3,(H,11,14). The molecule has 1 N–H and O–H groups in total. The molecule has 0 fully saturated rings. The van der Waals surface area contributed by atoms with Crippen molar-refractivity contribution in [3.8, 4) is 0 Å². The van der Waals surface area contributed by atoms with Gasteiger partial charge in [-0.15, -0.1) is 0 Å². The molecule has 0 atom stereocenters. The average molecular weight is 212 g/mol. The third-order valence-corrected chi connectivity index (χ3v) is 2.30. The molecule has 14 heavy (non-hydrogen) atoms. The zero-order chi connectivity index (χ0) is 10.4. The highest BCUT2D eigenvalue weighted by Crippen LogP contribution is 2.03. The molecule has 0 radical (unpaired) electrons. The van der Waals surface area contributed by atoms with Gasteiger partial charge >= 0.3 is 0 Å². The Balaban J connectivity index is 2.34. The quantitative estimate of drug-likeness (QED) is 0.773.